The van der Waals surface area contributed by atoms with Gasteiger partial charge in [-0.1, -0.05) is 345 Å². The van der Waals surface area contributed by atoms with Gasteiger partial charge < -0.3 is 0 Å². The Morgan fingerprint density at radius 1 is 0.263 bits per heavy atom. The molecule has 0 saturated heterocycles. The van der Waals surface area contributed by atoms with Crippen LogP contribution in [0.3, 0.4) is 0 Å². The van der Waals surface area contributed by atoms with E-state index >= 15 is 0 Å². The summed E-state index contributed by atoms with van der Waals surface area (Å²) in [4.78, 5) is 5.63. The number of para-hydroxylation sites is 3. The summed E-state index contributed by atoms with van der Waals surface area (Å²) in [6.07, 6.45) is 35.7. The van der Waals surface area contributed by atoms with E-state index in [4.69, 9.17) is 4.98 Å². The van der Waals surface area contributed by atoms with Gasteiger partial charge in [-0.25, -0.2) is 4.98 Å². The zero-order valence-corrected chi connectivity index (χ0v) is 61.0. The van der Waals surface area contributed by atoms with Crippen LogP contribution in [0.1, 0.15) is 241 Å². The molecule has 99 heavy (non-hydrogen) atoms. The second-order valence-electron chi connectivity index (χ2n) is 30.0. The molecule has 0 saturated carbocycles. The minimum absolute atomic E-state index is 0.0377. The van der Waals surface area contributed by atoms with Gasteiger partial charge in [-0.05, 0) is 206 Å². The number of fused-ring (bicyclic) bond motifs is 7. The van der Waals surface area contributed by atoms with Crippen molar-refractivity contribution in [3.63, 3.8) is 0 Å². The van der Waals surface area contributed by atoms with Crippen LogP contribution in [0.5, 0.6) is 0 Å². The average Bonchev–Trinajstić information content (AvgIpc) is 1.57. The van der Waals surface area contributed by atoms with Crippen molar-refractivity contribution in [1.29, 1.82) is 0 Å². The lowest BCUT2D eigenvalue weighted by molar-refractivity contribution is 0.398. The van der Waals surface area contributed by atoms with Crippen LogP contribution in [-0.2, 0) is 10.8 Å². The fourth-order valence-corrected chi connectivity index (χ4v) is 17.6. The molecule has 0 aliphatic heterocycles. The molecule has 0 amide bonds. The molecule has 2 nitrogen and oxygen atoms in total. The number of unbranched alkanes of at least 4 members (excludes halogenated alkanes) is 20. The molecule has 2 heteroatoms. The zero-order valence-electron chi connectivity index (χ0n) is 61.0. The summed E-state index contributed by atoms with van der Waals surface area (Å²) in [5.41, 5.74) is 31.5. The lowest BCUT2D eigenvalue weighted by atomic mass is 9.69. The highest BCUT2D eigenvalue weighted by molar-refractivity contribution is 5.92. The maximum absolute atomic E-state index is 5.63. The van der Waals surface area contributed by atoms with Crippen LogP contribution in [-0.4, -0.2) is 9.55 Å². The molecule has 0 unspecified atom stereocenters. The van der Waals surface area contributed by atoms with Crippen LogP contribution in [0.15, 0.2) is 218 Å². The van der Waals surface area contributed by atoms with Crippen molar-refractivity contribution in [2.45, 2.75) is 232 Å². The summed E-state index contributed by atoms with van der Waals surface area (Å²) in [6.45, 7) is 13.9. The minimum Gasteiger partial charge on any atom is -0.292 e. The highest BCUT2D eigenvalue weighted by Gasteiger charge is 2.44. The predicted octanol–water partition coefficient (Wildman–Crippen LogP) is 29.2. The molecule has 1 heterocycles. The molecule has 0 N–H and O–H groups in total. The molecular formula is C97H110N2. The fourth-order valence-electron chi connectivity index (χ4n) is 17.6. The molecular weight excluding hydrogens is 1190 g/mol. The van der Waals surface area contributed by atoms with Gasteiger partial charge in [0.05, 0.1) is 11.0 Å². The Balaban J connectivity index is 0.972. The summed E-state index contributed by atoms with van der Waals surface area (Å²) in [5.74, 6) is 0.972. The van der Waals surface area contributed by atoms with Gasteiger partial charge >= 0.3 is 0 Å². The molecule has 10 aromatic carbocycles. The van der Waals surface area contributed by atoms with Crippen molar-refractivity contribution in [3.05, 3.63) is 252 Å². The Morgan fingerprint density at radius 2 is 0.626 bits per heavy atom. The number of hydrogen-bond acceptors (Lipinski definition) is 1. The predicted molar refractivity (Wildman–Crippen MR) is 428 cm³/mol. The first-order valence-corrected chi connectivity index (χ1v) is 39.3. The number of imidazole rings is 1. The van der Waals surface area contributed by atoms with E-state index in [0.29, 0.717) is 0 Å². The van der Waals surface area contributed by atoms with E-state index in [1.165, 1.54) is 267 Å². The molecule has 2 aliphatic rings. The standard InChI is InChI=1S/C97H110N2/c1-7-11-15-19-23-34-58-96(59-35-24-20-16-12-8-2)89-63-72(6)50-54-85(89)86-56-52-75(69-91(86)96)79-65-80(67-81(66-79)95-98-93-48-32-33-49-94(93)99(95)82-44-28-27-29-45-82)76-53-57-88-87-55-51-74(73-41-39-43-78(64-73)84-47-31-30-46-83(84)77-42-38-40-71(5)62-77)68-90(87)97(92(88)70-76,60-36-25-21-17-13-9-3)61-37-26-22-18-14-10-4/h27-33,38-57,62-70H,7-26,34-37,58-61H2,1-6H3. The minimum atomic E-state index is -0.147. The summed E-state index contributed by atoms with van der Waals surface area (Å²) in [7, 11) is 0. The molecule has 11 aromatic rings. The van der Waals surface area contributed by atoms with E-state index in [1.54, 1.807) is 11.1 Å². The Hall–Kier alpha value is -8.33. The Labute approximate surface area is 595 Å². The highest BCUT2D eigenvalue weighted by Crippen LogP contribution is 2.58. The maximum Gasteiger partial charge on any atom is 0.145 e. The van der Waals surface area contributed by atoms with Crippen molar-refractivity contribution in [2.75, 3.05) is 0 Å². The monoisotopic (exact) mass is 1300 g/mol. The van der Waals surface area contributed by atoms with Crippen LogP contribution >= 0.6 is 0 Å². The molecule has 2 aliphatic carbocycles. The van der Waals surface area contributed by atoms with Crippen LogP contribution in [0.4, 0.5) is 0 Å². The quantitative estimate of drug-likeness (QED) is 0.0362. The van der Waals surface area contributed by atoms with Crippen LogP contribution in [0.2, 0.25) is 0 Å². The first-order valence-electron chi connectivity index (χ1n) is 39.3. The molecule has 0 bridgehead atoms. The molecule has 0 atom stereocenters. The van der Waals surface area contributed by atoms with E-state index in [9.17, 15) is 0 Å². The zero-order chi connectivity index (χ0) is 68.0. The van der Waals surface area contributed by atoms with Crippen molar-refractivity contribution >= 4 is 11.0 Å². The van der Waals surface area contributed by atoms with Crippen LogP contribution in [0, 0.1) is 13.8 Å². The number of rotatable bonds is 35. The largest absolute Gasteiger partial charge is 0.292 e. The normalized spacial score (nSPS) is 13.2. The Bertz CT molecular complexity index is 4460. The number of benzene rings is 10. The maximum atomic E-state index is 5.63. The van der Waals surface area contributed by atoms with E-state index in [-0.39, 0.29) is 10.8 Å². The third-order valence-corrected chi connectivity index (χ3v) is 22.9. The Morgan fingerprint density at radius 3 is 1.12 bits per heavy atom. The summed E-state index contributed by atoms with van der Waals surface area (Å²) in [5, 5.41) is 0. The van der Waals surface area contributed by atoms with Gasteiger partial charge in [0, 0.05) is 22.1 Å². The average molecular weight is 1300 g/mol. The van der Waals surface area contributed by atoms with Crippen molar-refractivity contribution in [3.8, 4) is 95.0 Å². The van der Waals surface area contributed by atoms with Gasteiger partial charge in [0.2, 0.25) is 0 Å². The van der Waals surface area contributed by atoms with E-state index in [2.05, 4.69) is 264 Å². The molecule has 0 spiro atoms. The summed E-state index contributed by atoms with van der Waals surface area (Å²) < 4.78 is 2.41. The highest BCUT2D eigenvalue weighted by atomic mass is 15.1. The van der Waals surface area contributed by atoms with E-state index in [1.807, 2.05) is 0 Å². The van der Waals surface area contributed by atoms with Crippen LogP contribution in [0.25, 0.3) is 106 Å². The van der Waals surface area contributed by atoms with Crippen molar-refractivity contribution in [2.24, 2.45) is 0 Å². The smallest absolute Gasteiger partial charge is 0.145 e. The van der Waals surface area contributed by atoms with Crippen LogP contribution < -0.4 is 0 Å². The lowest BCUT2D eigenvalue weighted by Gasteiger charge is -2.33. The first kappa shape index (κ1) is 69.2. The SMILES string of the molecule is CCCCCCCCC1(CCCCCCCC)c2cc(C)ccc2-c2ccc(-c3cc(-c4ccc5c(c4)C(CCCCCCCC)(CCCCCCCC)c4cc(-c6cccc(-c7ccccc7-c7cccc(C)c7)c6)ccc4-5)cc(-c4nc5ccccc5n4-c4ccccc4)c3)cc21. The van der Waals surface area contributed by atoms with Gasteiger partial charge in [0.25, 0.3) is 0 Å². The van der Waals surface area contributed by atoms with Gasteiger partial charge in [0.1, 0.15) is 5.82 Å². The molecule has 508 valence electrons. The number of aryl methyl sites for hydroxylation is 2. The van der Waals surface area contributed by atoms with Gasteiger partial charge in [0.15, 0.2) is 0 Å². The topological polar surface area (TPSA) is 17.8 Å². The van der Waals surface area contributed by atoms with Gasteiger partial charge in [-0.15, -0.1) is 0 Å². The molecule has 1 aromatic heterocycles. The molecule has 13 rings (SSSR count). The van der Waals surface area contributed by atoms with Crippen molar-refractivity contribution in [1.82, 2.24) is 9.55 Å². The fraction of sp³-hybridized carbons (Fsp3) is 0.371. The number of hydrogen-bond donors (Lipinski definition) is 0. The third kappa shape index (κ3) is 15.1. The third-order valence-electron chi connectivity index (χ3n) is 22.9. The van der Waals surface area contributed by atoms with Gasteiger partial charge in [-0.3, -0.25) is 4.57 Å². The molecule has 0 fully saturated rings. The number of nitrogens with zero attached hydrogens (tertiary/aromatic N) is 2. The second kappa shape index (κ2) is 32.8. The summed E-state index contributed by atoms with van der Waals surface area (Å²) in [6, 6.07) is 85.1. The van der Waals surface area contributed by atoms with E-state index < -0.39 is 0 Å². The Kier molecular flexibility index (Phi) is 22.9. The van der Waals surface area contributed by atoms with E-state index in [0.717, 1.165) is 41.0 Å². The van der Waals surface area contributed by atoms with Gasteiger partial charge in [-0.2, -0.15) is 0 Å². The number of aromatic nitrogens is 2. The van der Waals surface area contributed by atoms with Crippen molar-refractivity contribution < 1.29 is 0 Å². The molecule has 0 radical (unpaired) electrons. The summed E-state index contributed by atoms with van der Waals surface area (Å²) >= 11 is 0. The second-order valence-corrected chi connectivity index (χ2v) is 30.0. The lowest BCUT2D eigenvalue weighted by Crippen LogP contribution is -2.25. The first-order chi connectivity index (χ1) is 48.7.